The van der Waals surface area contributed by atoms with Crippen molar-refractivity contribution in [2.24, 2.45) is 0 Å². The summed E-state index contributed by atoms with van der Waals surface area (Å²) in [6.45, 7) is 2.81. The summed E-state index contributed by atoms with van der Waals surface area (Å²) < 4.78 is 0. The van der Waals surface area contributed by atoms with E-state index < -0.39 is 12.0 Å². The lowest BCUT2D eigenvalue weighted by atomic mass is 9.98. The van der Waals surface area contributed by atoms with E-state index in [2.05, 4.69) is 12.2 Å². The first kappa shape index (κ1) is 13.6. The van der Waals surface area contributed by atoms with Gasteiger partial charge in [0.1, 0.15) is 6.04 Å². The highest BCUT2D eigenvalue weighted by Gasteiger charge is 2.20. The normalized spacial score (nSPS) is 12.5. The van der Waals surface area contributed by atoms with Crippen LogP contribution in [0.3, 0.4) is 0 Å². The lowest BCUT2D eigenvalue weighted by Crippen LogP contribution is -2.29. The molecule has 0 saturated heterocycles. The molecule has 1 atom stereocenters. The number of carboxylic acid groups (broad SMARTS) is 1. The fourth-order valence-electron chi connectivity index (χ4n) is 2.26. The number of fused-ring (bicyclic) bond motifs is 1. The Kier molecular flexibility index (Phi) is 4.53. The molecule has 100 valence electrons. The van der Waals surface area contributed by atoms with Crippen LogP contribution in [0, 0.1) is 0 Å². The molecule has 0 spiro atoms. The Morgan fingerprint density at radius 2 is 1.95 bits per heavy atom. The summed E-state index contributed by atoms with van der Waals surface area (Å²) in [5.41, 5.74) is 0.835. The fraction of sp³-hybridized carbons (Fsp3) is 0.312. The maximum atomic E-state index is 11.5. The van der Waals surface area contributed by atoms with Gasteiger partial charge in [-0.3, -0.25) is 4.79 Å². The number of aliphatic carboxylic acids is 1. The van der Waals surface area contributed by atoms with Crippen molar-refractivity contribution in [2.45, 2.75) is 25.8 Å². The van der Waals surface area contributed by atoms with E-state index in [1.165, 1.54) is 0 Å². The van der Waals surface area contributed by atoms with Gasteiger partial charge < -0.3 is 10.4 Å². The smallest absolute Gasteiger partial charge is 0.325 e. The van der Waals surface area contributed by atoms with Crippen molar-refractivity contribution in [1.29, 1.82) is 0 Å². The minimum atomic E-state index is -0.826. The second kappa shape index (κ2) is 6.34. The third kappa shape index (κ3) is 3.12. The summed E-state index contributed by atoms with van der Waals surface area (Å²) in [6, 6.07) is 13.0. The molecule has 0 amide bonds. The zero-order chi connectivity index (χ0) is 13.7. The van der Waals surface area contributed by atoms with Crippen molar-refractivity contribution in [2.75, 3.05) is 6.54 Å². The summed E-state index contributed by atoms with van der Waals surface area (Å²) in [4.78, 5) is 11.5. The average Bonchev–Trinajstić information content (AvgIpc) is 2.43. The maximum Gasteiger partial charge on any atom is 0.325 e. The minimum Gasteiger partial charge on any atom is -0.480 e. The zero-order valence-electron chi connectivity index (χ0n) is 11.1. The highest BCUT2D eigenvalue weighted by molar-refractivity contribution is 5.90. The Morgan fingerprint density at radius 1 is 1.21 bits per heavy atom. The first-order valence-electron chi connectivity index (χ1n) is 6.68. The van der Waals surface area contributed by atoms with Gasteiger partial charge in [-0.15, -0.1) is 0 Å². The van der Waals surface area contributed by atoms with Crippen molar-refractivity contribution in [3.63, 3.8) is 0 Å². The lowest BCUT2D eigenvalue weighted by molar-refractivity contribution is -0.139. The van der Waals surface area contributed by atoms with Crippen molar-refractivity contribution in [1.82, 2.24) is 5.32 Å². The molecule has 0 radical (unpaired) electrons. The molecular weight excluding hydrogens is 238 g/mol. The van der Waals surface area contributed by atoms with Crippen LogP contribution in [0.15, 0.2) is 42.5 Å². The van der Waals surface area contributed by atoms with E-state index in [-0.39, 0.29) is 0 Å². The number of hydrogen-bond donors (Lipinski definition) is 2. The molecule has 2 aromatic carbocycles. The van der Waals surface area contributed by atoms with Gasteiger partial charge >= 0.3 is 5.97 Å². The van der Waals surface area contributed by atoms with Crippen molar-refractivity contribution < 1.29 is 9.90 Å². The first-order chi connectivity index (χ1) is 9.24. The average molecular weight is 257 g/mol. The molecule has 0 aromatic heterocycles. The molecule has 3 heteroatoms. The molecule has 0 fully saturated rings. The highest BCUT2D eigenvalue weighted by atomic mass is 16.4. The van der Waals surface area contributed by atoms with Crippen LogP contribution in [-0.2, 0) is 4.79 Å². The predicted molar refractivity (Wildman–Crippen MR) is 77.2 cm³/mol. The number of benzene rings is 2. The van der Waals surface area contributed by atoms with Crippen LogP contribution in [0.4, 0.5) is 0 Å². The Hall–Kier alpha value is -1.87. The van der Waals surface area contributed by atoms with Gasteiger partial charge in [0.2, 0.25) is 0 Å². The van der Waals surface area contributed by atoms with E-state index in [0.717, 1.165) is 35.7 Å². The molecule has 0 saturated carbocycles. The lowest BCUT2D eigenvalue weighted by Gasteiger charge is -2.16. The van der Waals surface area contributed by atoms with Gasteiger partial charge in [0.25, 0.3) is 0 Å². The molecule has 2 rings (SSSR count). The molecule has 0 heterocycles. The Labute approximate surface area is 113 Å². The summed E-state index contributed by atoms with van der Waals surface area (Å²) >= 11 is 0. The van der Waals surface area contributed by atoms with E-state index in [1.807, 2.05) is 42.5 Å². The van der Waals surface area contributed by atoms with Crippen molar-refractivity contribution in [3.05, 3.63) is 48.0 Å². The van der Waals surface area contributed by atoms with Gasteiger partial charge in [0.15, 0.2) is 0 Å². The third-order valence-electron chi connectivity index (χ3n) is 3.26. The largest absolute Gasteiger partial charge is 0.480 e. The van der Waals surface area contributed by atoms with Gasteiger partial charge in [-0.25, -0.2) is 0 Å². The molecule has 19 heavy (non-hydrogen) atoms. The molecule has 0 bridgehead atoms. The molecule has 1 unspecified atom stereocenters. The maximum absolute atomic E-state index is 11.5. The molecular formula is C16H19NO2. The van der Waals surface area contributed by atoms with Gasteiger partial charge in [-0.05, 0) is 29.3 Å². The summed E-state index contributed by atoms with van der Waals surface area (Å²) in [5.74, 6) is -0.826. The van der Waals surface area contributed by atoms with Gasteiger partial charge in [0.05, 0.1) is 0 Å². The Morgan fingerprint density at radius 3 is 2.68 bits per heavy atom. The molecule has 0 aliphatic carbocycles. The second-order valence-electron chi connectivity index (χ2n) is 4.65. The third-order valence-corrected chi connectivity index (χ3v) is 3.26. The van der Waals surface area contributed by atoms with E-state index in [4.69, 9.17) is 0 Å². The number of carboxylic acids is 1. The highest BCUT2D eigenvalue weighted by Crippen LogP contribution is 2.24. The number of rotatable bonds is 6. The van der Waals surface area contributed by atoms with Crippen molar-refractivity contribution >= 4 is 16.7 Å². The molecule has 0 aliphatic heterocycles. The Bertz CT molecular complexity index is 560. The van der Waals surface area contributed by atoms with Gasteiger partial charge in [-0.1, -0.05) is 55.8 Å². The fourth-order valence-corrected chi connectivity index (χ4v) is 2.26. The quantitative estimate of drug-likeness (QED) is 0.780. The summed E-state index contributed by atoms with van der Waals surface area (Å²) in [6.07, 6.45) is 2.03. The number of nitrogens with one attached hydrogen (secondary N) is 1. The monoisotopic (exact) mass is 257 g/mol. The van der Waals surface area contributed by atoms with Crippen LogP contribution in [0.25, 0.3) is 10.8 Å². The van der Waals surface area contributed by atoms with E-state index in [9.17, 15) is 9.90 Å². The second-order valence-corrected chi connectivity index (χ2v) is 4.65. The zero-order valence-corrected chi connectivity index (χ0v) is 11.1. The molecule has 0 aliphatic rings. The van der Waals surface area contributed by atoms with Crippen LogP contribution < -0.4 is 5.32 Å². The van der Waals surface area contributed by atoms with Gasteiger partial charge in [0, 0.05) is 0 Å². The van der Waals surface area contributed by atoms with Crippen molar-refractivity contribution in [3.8, 4) is 0 Å². The number of hydrogen-bond acceptors (Lipinski definition) is 2. The van der Waals surface area contributed by atoms with Gasteiger partial charge in [-0.2, -0.15) is 0 Å². The van der Waals surface area contributed by atoms with E-state index in [0.29, 0.717) is 0 Å². The standard InChI is InChI=1S/C16H19NO2/c1-2-3-11-17-15(16(18)19)14-10-6-8-12-7-4-5-9-13(12)14/h4-10,15,17H,2-3,11H2,1H3,(H,18,19). The van der Waals surface area contributed by atoms with Crippen LogP contribution in [0.2, 0.25) is 0 Å². The van der Waals surface area contributed by atoms with E-state index >= 15 is 0 Å². The van der Waals surface area contributed by atoms with Crippen LogP contribution in [0.1, 0.15) is 31.4 Å². The van der Waals surface area contributed by atoms with E-state index in [1.54, 1.807) is 0 Å². The summed E-state index contributed by atoms with van der Waals surface area (Å²) in [7, 11) is 0. The minimum absolute atomic E-state index is 0.641. The number of carbonyl (C=O) groups is 1. The summed E-state index contributed by atoms with van der Waals surface area (Å²) in [5, 5.41) is 14.6. The Balaban J connectivity index is 2.36. The molecule has 2 aromatic rings. The topological polar surface area (TPSA) is 49.3 Å². The first-order valence-corrected chi connectivity index (χ1v) is 6.68. The van der Waals surface area contributed by atoms with Crippen LogP contribution >= 0.6 is 0 Å². The van der Waals surface area contributed by atoms with Crippen LogP contribution in [-0.4, -0.2) is 17.6 Å². The predicted octanol–water partition coefficient (Wildman–Crippen LogP) is 3.36. The molecule has 2 N–H and O–H groups in total. The van der Waals surface area contributed by atoms with Crippen LogP contribution in [0.5, 0.6) is 0 Å². The molecule has 3 nitrogen and oxygen atoms in total. The SMILES string of the molecule is CCCCNC(C(=O)O)c1cccc2ccccc12. The number of unbranched alkanes of at least 4 members (excludes halogenated alkanes) is 1.